The van der Waals surface area contributed by atoms with Gasteiger partial charge in [0.05, 0.1) is 11.2 Å². The molecule has 0 atom stereocenters. The zero-order chi connectivity index (χ0) is 16.2. The summed E-state index contributed by atoms with van der Waals surface area (Å²) in [4.78, 5) is 27.7. The van der Waals surface area contributed by atoms with Gasteiger partial charge in [-0.3, -0.25) is 9.78 Å². The van der Waals surface area contributed by atoms with Crippen molar-refractivity contribution in [3.8, 4) is 0 Å². The van der Waals surface area contributed by atoms with Crippen molar-refractivity contribution in [3.05, 3.63) is 36.5 Å². The summed E-state index contributed by atoms with van der Waals surface area (Å²) in [5, 5.41) is 6.08. The number of hydrogen-bond donors (Lipinski definition) is 2. The Balaban J connectivity index is 1.96. The molecule has 0 aliphatic rings. The number of carbonyl (C=O) groups excluding carboxylic acids is 2. The monoisotopic (exact) mass is 301 g/mol. The quantitative estimate of drug-likeness (QED) is 0.913. The van der Waals surface area contributed by atoms with Crippen LogP contribution in [-0.2, 0) is 9.53 Å². The van der Waals surface area contributed by atoms with E-state index in [0.717, 1.165) is 5.39 Å². The molecular formula is C16H19N3O3. The van der Waals surface area contributed by atoms with Gasteiger partial charge in [-0.15, -0.1) is 0 Å². The second-order valence-corrected chi connectivity index (χ2v) is 5.78. The molecule has 2 N–H and O–H groups in total. The summed E-state index contributed by atoms with van der Waals surface area (Å²) in [6, 6.07) is 9.26. The minimum absolute atomic E-state index is 0.169. The third-order valence-corrected chi connectivity index (χ3v) is 2.70. The lowest BCUT2D eigenvalue weighted by Crippen LogP contribution is -2.37. The van der Waals surface area contributed by atoms with E-state index in [9.17, 15) is 9.59 Å². The van der Waals surface area contributed by atoms with Crippen molar-refractivity contribution in [2.24, 2.45) is 0 Å². The number of hydrogen-bond acceptors (Lipinski definition) is 4. The average Bonchev–Trinajstić information content (AvgIpc) is 2.44. The standard InChI is InChI=1S/C16H19N3O3/c1-16(2,3)22-15(21)18-10-13(20)19-12-8-4-6-11-7-5-9-17-14(11)12/h4-9H,10H2,1-3H3,(H,18,21)(H,19,20). The molecule has 0 spiro atoms. The van der Waals surface area contributed by atoms with Gasteiger partial charge in [0.1, 0.15) is 12.1 Å². The molecule has 6 heteroatoms. The predicted molar refractivity (Wildman–Crippen MR) is 84.6 cm³/mol. The number of amides is 2. The molecule has 0 unspecified atom stereocenters. The number of fused-ring (bicyclic) bond motifs is 1. The van der Waals surface area contributed by atoms with Crippen molar-refractivity contribution in [1.29, 1.82) is 0 Å². The van der Waals surface area contributed by atoms with Gasteiger partial charge < -0.3 is 15.4 Å². The van der Waals surface area contributed by atoms with Crippen LogP contribution in [0.25, 0.3) is 10.9 Å². The minimum Gasteiger partial charge on any atom is -0.444 e. The Hall–Kier alpha value is -2.63. The SMILES string of the molecule is CC(C)(C)OC(=O)NCC(=O)Nc1cccc2cccnc12. The number of anilines is 1. The second kappa shape index (κ2) is 6.43. The van der Waals surface area contributed by atoms with Crippen LogP contribution in [0.2, 0.25) is 0 Å². The summed E-state index contributed by atoms with van der Waals surface area (Å²) in [6.45, 7) is 5.11. The highest BCUT2D eigenvalue weighted by atomic mass is 16.6. The lowest BCUT2D eigenvalue weighted by atomic mass is 10.2. The van der Waals surface area contributed by atoms with Crippen LogP contribution in [0.4, 0.5) is 10.5 Å². The molecular weight excluding hydrogens is 282 g/mol. The van der Waals surface area contributed by atoms with Crippen molar-refractivity contribution in [2.75, 3.05) is 11.9 Å². The molecule has 1 heterocycles. The van der Waals surface area contributed by atoms with Crippen molar-refractivity contribution in [3.63, 3.8) is 0 Å². The van der Waals surface area contributed by atoms with Gasteiger partial charge in [-0.25, -0.2) is 4.79 Å². The molecule has 116 valence electrons. The number of nitrogens with zero attached hydrogens (tertiary/aromatic N) is 1. The average molecular weight is 301 g/mol. The fourth-order valence-electron chi connectivity index (χ4n) is 1.87. The largest absolute Gasteiger partial charge is 0.444 e. The predicted octanol–water partition coefficient (Wildman–Crippen LogP) is 2.70. The van der Waals surface area contributed by atoms with Crippen LogP contribution in [0.15, 0.2) is 36.5 Å². The van der Waals surface area contributed by atoms with Gasteiger partial charge in [0.15, 0.2) is 0 Å². The highest BCUT2D eigenvalue weighted by Gasteiger charge is 2.16. The number of ether oxygens (including phenoxy) is 1. The van der Waals surface area contributed by atoms with Crippen molar-refractivity contribution < 1.29 is 14.3 Å². The fraction of sp³-hybridized carbons (Fsp3) is 0.312. The Kier molecular flexibility index (Phi) is 4.60. The van der Waals surface area contributed by atoms with Crippen molar-refractivity contribution in [1.82, 2.24) is 10.3 Å². The van der Waals surface area contributed by atoms with Crippen LogP contribution in [0, 0.1) is 0 Å². The molecule has 0 saturated carbocycles. The Labute approximate surface area is 128 Å². The smallest absolute Gasteiger partial charge is 0.408 e. The van der Waals surface area contributed by atoms with Gasteiger partial charge in [0.2, 0.25) is 5.91 Å². The number of benzene rings is 1. The minimum atomic E-state index is -0.626. The van der Waals surface area contributed by atoms with E-state index in [1.807, 2.05) is 24.3 Å². The van der Waals surface area contributed by atoms with Gasteiger partial charge in [-0.05, 0) is 32.9 Å². The first-order chi connectivity index (χ1) is 10.3. The molecule has 0 aliphatic carbocycles. The number of alkyl carbamates (subject to hydrolysis) is 1. The van der Waals surface area contributed by atoms with E-state index < -0.39 is 11.7 Å². The third kappa shape index (κ3) is 4.44. The summed E-state index contributed by atoms with van der Waals surface area (Å²) in [6.07, 6.45) is 1.04. The molecule has 22 heavy (non-hydrogen) atoms. The first-order valence-electron chi connectivity index (χ1n) is 6.95. The van der Waals surface area contributed by atoms with Gasteiger partial charge in [-0.1, -0.05) is 18.2 Å². The number of para-hydroxylation sites is 1. The number of rotatable bonds is 3. The molecule has 0 aliphatic heterocycles. The molecule has 2 aromatic rings. The topological polar surface area (TPSA) is 80.3 Å². The highest BCUT2D eigenvalue weighted by Crippen LogP contribution is 2.20. The van der Waals surface area contributed by atoms with Crippen molar-refractivity contribution >= 4 is 28.6 Å². The van der Waals surface area contributed by atoms with Crippen LogP contribution in [0.1, 0.15) is 20.8 Å². The van der Waals surface area contributed by atoms with Crippen LogP contribution < -0.4 is 10.6 Å². The number of aromatic nitrogens is 1. The van der Waals surface area contributed by atoms with E-state index >= 15 is 0 Å². The normalized spacial score (nSPS) is 11.0. The maximum absolute atomic E-state index is 11.9. The van der Waals surface area contributed by atoms with Gasteiger partial charge >= 0.3 is 6.09 Å². The zero-order valence-electron chi connectivity index (χ0n) is 12.8. The van der Waals surface area contributed by atoms with E-state index in [4.69, 9.17) is 4.74 Å². The second-order valence-electron chi connectivity index (χ2n) is 5.78. The molecule has 1 aromatic heterocycles. The molecule has 0 saturated heterocycles. The molecule has 2 rings (SSSR count). The maximum Gasteiger partial charge on any atom is 0.408 e. The van der Waals surface area contributed by atoms with Crippen LogP contribution in [0.5, 0.6) is 0 Å². The summed E-state index contributed by atoms with van der Waals surface area (Å²) in [7, 11) is 0. The number of pyridine rings is 1. The van der Waals surface area contributed by atoms with Gasteiger partial charge in [0.25, 0.3) is 0 Å². The Morgan fingerprint density at radius 2 is 1.91 bits per heavy atom. The summed E-state index contributed by atoms with van der Waals surface area (Å²) < 4.78 is 5.07. The molecule has 0 bridgehead atoms. The van der Waals surface area contributed by atoms with Crippen LogP contribution in [-0.4, -0.2) is 29.1 Å². The third-order valence-electron chi connectivity index (χ3n) is 2.70. The van der Waals surface area contributed by atoms with E-state index in [0.29, 0.717) is 11.2 Å². The summed E-state index contributed by atoms with van der Waals surface area (Å²) in [5.74, 6) is -0.344. The van der Waals surface area contributed by atoms with Crippen molar-refractivity contribution in [2.45, 2.75) is 26.4 Å². The first-order valence-corrected chi connectivity index (χ1v) is 6.95. The Morgan fingerprint density at radius 1 is 1.18 bits per heavy atom. The van der Waals surface area contributed by atoms with Gasteiger partial charge in [-0.2, -0.15) is 0 Å². The van der Waals surface area contributed by atoms with E-state index in [-0.39, 0.29) is 12.5 Å². The van der Waals surface area contributed by atoms with Gasteiger partial charge in [0, 0.05) is 11.6 Å². The molecule has 2 amide bonds. The van der Waals surface area contributed by atoms with E-state index in [1.165, 1.54) is 0 Å². The fourth-order valence-corrected chi connectivity index (χ4v) is 1.87. The lowest BCUT2D eigenvalue weighted by Gasteiger charge is -2.19. The highest BCUT2D eigenvalue weighted by molar-refractivity contribution is 6.01. The number of carbonyl (C=O) groups is 2. The number of nitrogens with one attached hydrogen (secondary N) is 2. The zero-order valence-corrected chi connectivity index (χ0v) is 12.8. The Bertz CT molecular complexity index is 687. The van der Waals surface area contributed by atoms with E-state index in [2.05, 4.69) is 15.6 Å². The maximum atomic E-state index is 11.9. The summed E-state index contributed by atoms with van der Waals surface area (Å²) in [5.41, 5.74) is 0.713. The summed E-state index contributed by atoms with van der Waals surface area (Å²) >= 11 is 0. The molecule has 0 fully saturated rings. The van der Waals surface area contributed by atoms with Crippen LogP contribution in [0.3, 0.4) is 0 Å². The molecule has 0 radical (unpaired) electrons. The Morgan fingerprint density at radius 3 is 2.64 bits per heavy atom. The van der Waals surface area contributed by atoms with Crippen LogP contribution >= 0.6 is 0 Å². The lowest BCUT2D eigenvalue weighted by molar-refractivity contribution is -0.115. The first kappa shape index (κ1) is 15.8. The molecule has 6 nitrogen and oxygen atoms in total. The van der Waals surface area contributed by atoms with E-state index in [1.54, 1.807) is 33.0 Å². The molecule has 1 aromatic carbocycles.